The van der Waals surface area contributed by atoms with Crippen LogP contribution in [0.4, 0.5) is 0 Å². The summed E-state index contributed by atoms with van der Waals surface area (Å²) in [5, 5.41) is 3.65. The highest BCUT2D eigenvalue weighted by Gasteiger charge is 2.00. The van der Waals surface area contributed by atoms with Crippen LogP contribution in [0.2, 0.25) is 0 Å². The largest absolute Gasteiger partial charge is 0.311 e. The van der Waals surface area contributed by atoms with Crippen molar-refractivity contribution in [1.82, 2.24) is 14.7 Å². The quantitative estimate of drug-likeness (QED) is 0.632. The summed E-state index contributed by atoms with van der Waals surface area (Å²) in [5.74, 6) is 0. The molecule has 2 rings (SSSR count). The molecule has 3 nitrogen and oxygen atoms in total. The third-order valence-electron chi connectivity index (χ3n) is 2.68. The van der Waals surface area contributed by atoms with Gasteiger partial charge >= 0.3 is 0 Å². The van der Waals surface area contributed by atoms with Crippen molar-refractivity contribution in [3.63, 3.8) is 0 Å². The summed E-state index contributed by atoms with van der Waals surface area (Å²) in [5.41, 5.74) is 2.08. The molecule has 0 aliphatic rings. The molecule has 0 bridgehead atoms. The average Bonchev–Trinajstić information content (AvgIpc) is 2.70. The van der Waals surface area contributed by atoms with Crippen LogP contribution in [0.25, 0.3) is 5.65 Å². The number of imidazole rings is 1. The van der Waals surface area contributed by atoms with Gasteiger partial charge in [-0.15, -0.1) is 11.6 Å². The van der Waals surface area contributed by atoms with E-state index in [1.54, 1.807) is 0 Å². The first-order valence-electron chi connectivity index (χ1n) is 6.03. The summed E-state index contributed by atoms with van der Waals surface area (Å²) in [6, 6.07) is 6.02. The number of nitrogens with zero attached hydrogens (tertiary/aromatic N) is 2. The van der Waals surface area contributed by atoms with Gasteiger partial charge in [-0.05, 0) is 38.4 Å². The van der Waals surface area contributed by atoms with Crippen molar-refractivity contribution < 1.29 is 0 Å². The molecule has 0 radical (unpaired) electrons. The fourth-order valence-corrected chi connectivity index (χ4v) is 1.95. The van der Waals surface area contributed by atoms with Crippen LogP contribution in [0, 0.1) is 0 Å². The lowest BCUT2D eigenvalue weighted by molar-refractivity contribution is 0.614. The van der Waals surface area contributed by atoms with E-state index >= 15 is 0 Å². The van der Waals surface area contributed by atoms with Gasteiger partial charge in [-0.3, -0.25) is 0 Å². The molecule has 0 spiro atoms. The van der Waals surface area contributed by atoms with E-state index in [4.69, 9.17) is 11.6 Å². The molecule has 2 aromatic heterocycles. The van der Waals surface area contributed by atoms with Gasteiger partial charge in [0.15, 0.2) is 0 Å². The lowest BCUT2D eigenvalue weighted by atomic mass is 10.2. The van der Waals surface area contributed by atoms with Crippen LogP contribution in [-0.4, -0.2) is 21.3 Å². The predicted octanol–water partition coefficient (Wildman–Crippen LogP) is 2.83. The average molecular weight is 252 g/mol. The Morgan fingerprint density at radius 1 is 1.47 bits per heavy atom. The van der Waals surface area contributed by atoms with Gasteiger partial charge in [-0.1, -0.05) is 6.07 Å². The second-order valence-electron chi connectivity index (χ2n) is 4.30. The van der Waals surface area contributed by atoms with Crippen LogP contribution >= 0.6 is 11.6 Å². The Balaban J connectivity index is 1.79. The van der Waals surface area contributed by atoms with Crippen LogP contribution in [0.3, 0.4) is 0 Å². The Kier molecular flexibility index (Phi) is 4.40. The van der Waals surface area contributed by atoms with Crippen molar-refractivity contribution >= 4 is 17.2 Å². The first kappa shape index (κ1) is 12.4. The van der Waals surface area contributed by atoms with Crippen molar-refractivity contribution in [2.24, 2.45) is 0 Å². The van der Waals surface area contributed by atoms with Crippen molar-refractivity contribution in [1.29, 1.82) is 0 Å². The topological polar surface area (TPSA) is 29.3 Å². The molecular weight excluding hydrogens is 234 g/mol. The Morgan fingerprint density at radius 3 is 3.12 bits per heavy atom. The molecule has 2 aromatic rings. The van der Waals surface area contributed by atoms with Crippen molar-refractivity contribution in [3.05, 3.63) is 36.3 Å². The molecule has 0 aliphatic heterocycles. The van der Waals surface area contributed by atoms with E-state index in [1.165, 1.54) is 0 Å². The Labute approximate surface area is 107 Å². The number of hydrogen-bond acceptors (Lipinski definition) is 2. The molecule has 4 heteroatoms. The second kappa shape index (κ2) is 6.03. The van der Waals surface area contributed by atoms with Crippen LogP contribution < -0.4 is 5.32 Å². The maximum Gasteiger partial charge on any atom is 0.137 e. The first-order chi connectivity index (χ1) is 8.25. The van der Waals surface area contributed by atoms with E-state index < -0.39 is 0 Å². The van der Waals surface area contributed by atoms with E-state index in [2.05, 4.69) is 16.5 Å². The number of pyridine rings is 1. The summed E-state index contributed by atoms with van der Waals surface area (Å²) in [6.45, 7) is 3.84. The van der Waals surface area contributed by atoms with Gasteiger partial charge in [0.1, 0.15) is 5.65 Å². The van der Waals surface area contributed by atoms with Gasteiger partial charge in [0.25, 0.3) is 0 Å². The summed E-state index contributed by atoms with van der Waals surface area (Å²) >= 11 is 5.88. The zero-order valence-corrected chi connectivity index (χ0v) is 10.8. The summed E-state index contributed by atoms with van der Waals surface area (Å²) in [4.78, 5) is 4.52. The zero-order chi connectivity index (χ0) is 12.1. The van der Waals surface area contributed by atoms with Gasteiger partial charge in [-0.25, -0.2) is 4.98 Å². The lowest BCUT2D eigenvalue weighted by Crippen LogP contribution is -2.15. The fourth-order valence-electron chi connectivity index (χ4n) is 1.80. The highest BCUT2D eigenvalue weighted by Crippen LogP contribution is 2.05. The van der Waals surface area contributed by atoms with Gasteiger partial charge in [0.2, 0.25) is 0 Å². The molecule has 0 aliphatic carbocycles. The minimum Gasteiger partial charge on any atom is -0.311 e. The summed E-state index contributed by atoms with van der Waals surface area (Å²) < 4.78 is 2.04. The van der Waals surface area contributed by atoms with Gasteiger partial charge < -0.3 is 9.72 Å². The monoisotopic (exact) mass is 251 g/mol. The van der Waals surface area contributed by atoms with Crippen molar-refractivity contribution in [3.8, 4) is 0 Å². The minimum absolute atomic E-state index is 0.270. The third-order valence-corrected chi connectivity index (χ3v) is 2.89. The molecule has 0 fully saturated rings. The van der Waals surface area contributed by atoms with Gasteiger partial charge in [0, 0.05) is 24.3 Å². The predicted molar refractivity (Wildman–Crippen MR) is 71.4 cm³/mol. The summed E-state index contributed by atoms with van der Waals surface area (Å²) in [6.07, 6.45) is 6.24. The SMILES string of the molecule is CC(Cl)CCCNCc1cn2ccccc2n1. The molecule has 0 saturated heterocycles. The number of halogens is 1. The Hall–Kier alpha value is -1.06. The molecule has 92 valence electrons. The number of nitrogens with one attached hydrogen (secondary N) is 1. The molecule has 17 heavy (non-hydrogen) atoms. The smallest absolute Gasteiger partial charge is 0.137 e. The van der Waals surface area contributed by atoms with Crippen LogP contribution in [0.1, 0.15) is 25.5 Å². The molecule has 0 amide bonds. The van der Waals surface area contributed by atoms with E-state index in [9.17, 15) is 0 Å². The first-order valence-corrected chi connectivity index (χ1v) is 6.47. The zero-order valence-electron chi connectivity index (χ0n) is 10.1. The van der Waals surface area contributed by atoms with Crippen molar-refractivity contribution in [2.75, 3.05) is 6.54 Å². The molecule has 0 saturated carbocycles. The van der Waals surface area contributed by atoms with E-state index in [0.29, 0.717) is 0 Å². The molecule has 0 aromatic carbocycles. The van der Waals surface area contributed by atoms with Gasteiger partial charge in [-0.2, -0.15) is 0 Å². The number of fused-ring (bicyclic) bond motifs is 1. The standard InChI is InChI=1S/C13H18ClN3/c1-11(14)5-4-7-15-9-12-10-17-8-3-2-6-13(17)16-12/h2-3,6,8,10-11,15H,4-5,7,9H2,1H3. The molecule has 1 atom stereocenters. The van der Waals surface area contributed by atoms with Crippen molar-refractivity contribution in [2.45, 2.75) is 31.7 Å². The van der Waals surface area contributed by atoms with Crippen LogP contribution in [0.5, 0.6) is 0 Å². The highest BCUT2D eigenvalue weighted by atomic mass is 35.5. The molecule has 1 N–H and O–H groups in total. The van der Waals surface area contributed by atoms with Gasteiger partial charge in [0.05, 0.1) is 5.69 Å². The third kappa shape index (κ3) is 3.72. The van der Waals surface area contributed by atoms with E-state index in [0.717, 1.165) is 37.3 Å². The van der Waals surface area contributed by atoms with Crippen LogP contribution in [-0.2, 0) is 6.54 Å². The lowest BCUT2D eigenvalue weighted by Gasteiger charge is -2.03. The molecule has 1 unspecified atom stereocenters. The number of rotatable bonds is 6. The highest BCUT2D eigenvalue weighted by molar-refractivity contribution is 6.20. The Morgan fingerprint density at radius 2 is 2.35 bits per heavy atom. The molecular formula is C13H18ClN3. The van der Waals surface area contributed by atoms with E-state index in [1.807, 2.05) is 35.7 Å². The number of hydrogen-bond donors (Lipinski definition) is 1. The maximum atomic E-state index is 5.88. The van der Waals surface area contributed by atoms with E-state index in [-0.39, 0.29) is 5.38 Å². The number of aromatic nitrogens is 2. The number of alkyl halides is 1. The molecule has 2 heterocycles. The fraction of sp³-hybridized carbons (Fsp3) is 0.462. The normalized spacial score (nSPS) is 13.1. The maximum absolute atomic E-state index is 5.88. The van der Waals surface area contributed by atoms with Crippen LogP contribution in [0.15, 0.2) is 30.6 Å². The summed E-state index contributed by atoms with van der Waals surface area (Å²) in [7, 11) is 0. The Bertz CT molecular complexity index is 431. The second-order valence-corrected chi connectivity index (χ2v) is 5.04. The minimum atomic E-state index is 0.270.